The Morgan fingerprint density at radius 2 is 1.96 bits per heavy atom. The van der Waals surface area contributed by atoms with Crippen LogP contribution in [0.25, 0.3) is 11.1 Å². The van der Waals surface area contributed by atoms with Gasteiger partial charge in [0.2, 0.25) is 0 Å². The van der Waals surface area contributed by atoms with Gasteiger partial charge >= 0.3 is 0 Å². The maximum atomic E-state index is 10.6. The van der Waals surface area contributed by atoms with E-state index in [4.69, 9.17) is 14.0 Å². The molecule has 5 nitrogen and oxygen atoms in total. The molecule has 0 bridgehead atoms. The lowest BCUT2D eigenvalue weighted by Crippen LogP contribution is -2.29. The zero-order valence-corrected chi connectivity index (χ0v) is 15.5. The van der Waals surface area contributed by atoms with E-state index in [1.165, 1.54) is 0 Å². The highest BCUT2D eigenvalue weighted by Crippen LogP contribution is 2.38. The fourth-order valence-corrected chi connectivity index (χ4v) is 3.59. The predicted octanol–water partition coefficient (Wildman–Crippen LogP) is 4.70. The van der Waals surface area contributed by atoms with Crippen molar-refractivity contribution >= 4 is 0 Å². The van der Waals surface area contributed by atoms with E-state index in [9.17, 15) is 5.11 Å². The molecule has 0 spiro atoms. The van der Waals surface area contributed by atoms with Gasteiger partial charge in [0.25, 0.3) is 0 Å². The summed E-state index contributed by atoms with van der Waals surface area (Å²) >= 11 is 0. The summed E-state index contributed by atoms with van der Waals surface area (Å²) in [6.45, 7) is 8.36. The minimum absolute atomic E-state index is 0.234. The Hall–Kier alpha value is -1.85. The zero-order chi connectivity index (χ0) is 18.0. The predicted molar refractivity (Wildman–Crippen MR) is 95.5 cm³/mol. The number of aromatic nitrogens is 1. The molecule has 0 aliphatic heterocycles. The third-order valence-corrected chi connectivity index (χ3v) is 4.81. The zero-order valence-electron chi connectivity index (χ0n) is 15.5. The molecular formula is C20H27NO4. The van der Waals surface area contributed by atoms with Gasteiger partial charge in [0.15, 0.2) is 5.79 Å². The Labute approximate surface area is 148 Å². The van der Waals surface area contributed by atoms with Crippen LogP contribution in [0.1, 0.15) is 62.7 Å². The topological polar surface area (TPSA) is 64.7 Å². The number of benzene rings is 1. The van der Waals surface area contributed by atoms with Gasteiger partial charge in [0.05, 0.1) is 18.4 Å². The smallest absolute Gasteiger partial charge is 0.166 e. The van der Waals surface area contributed by atoms with Gasteiger partial charge in [-0.1, -0.05) is 5.16 Å². The maximum absolute atomic E-state index is 10.6. The number of aliphatic hydroxyl groups is 1. The Morgan fingerprint density at radius 1 is 1.24 bits per heavy atom. The van der Waals surface area contributed by atoms with Crippen LogP contribution >= 0.6 is 0 Å². The minimum Gasteiger partial charge on any atom is -0.494 e. The van der Waals surface area contributed by atoms with Crippen LogP contribution in [0.15, 0.2) is 22.7 Å². The summed E-state index contributed by atoms with van der Waals surface area (Å²) in [5.74, 6) is 0.550. The van der Waals surface area contributed by atoms with Crippen LogP contribution in [0.2, 0.25) is 0 Å². The first-order chi connectivity index (χ1) is 11.9. The Kier molecular flexibility index (Phi) is 5.16. The van der Waals surface area contributed by atoms with Crippen LogP contribution < -0.4 is 4.74 Å². The van der Waals surface area contributed by atoms with Gasteiger partial charge in [0, 0.05) is 18.4 Å². The lowest BCUT2D eigenvalue weighted by molar-refractivity contribution is -0.223. The van der Waals surface area contributed by atoms with E-state index >= 15 is 0 Å². The van der Waals surface area contributed by atoms with Crippen molar-refractivity contribution in [1.82, 2.24) is 5.16 Å². The van der Waals surface area contributed by atoms with E-state index in [1.807, 2.05) is 39.8 Å². The van der Waals surface area contributed by atoms with Crippen LogP contribution in [0.3, 0.4) is 0 Å². The van der Waals surface area contributed by atoms with Crippen LogP contribution in [-0.2, 0) is 4.74 Å². The summed E-state index contributed by atoms with van der Waals surface area (Å²) in [5.41, 5.74) is 3.79. The fourth-order valence-electron chi connectivity index (χ4n) is 3.59. The molecule has 25 heavy (non-hydrogen) atoms. The molecule has 0 radical (unpaired) electrons. The Morgan fingerprint density at radius 3 is 2.56 bits per heavy atom. The molecule has 1 N–H and O–H groups in total. The van der Waals surface area contributed by atoms with Crippen molar-refractivity contribution in [3.63, 3.8) is 0 Å². The molecule has 1 aliphatic carbocycles. The van der Waals surface area contributed by atoms with Crippen molar-refractivity contribution in [3.8, 4) is 16.9 Å². The molecule has 0 saturated heterocycles. The van der Waals surface area contributed by atoms with Gasteiger partial charge in [-0.3, -0.25) is 0 Å². The second-order valence-corrected chi connectivity index (χ2v) is 6.84. The second-order valence-electron chi connectivity index (χ2n) is 6.84. The lowest BCUT2D eigenvalue weighted by Gasteiger charge is -2.27. The lowest BCUT2D eigenvalue weighted by atomic mass is 9.99. The number of hydrogen-bond donors (Lipinski definition) is 1. The maximum Gasteiger partial charge on any atom is 0.166 e. The van der Waals surface area contributed by atoms with E-state index < -0.39 is 5.79 Å². The minimum atomic E-state index is -1.01. The number of aryl methyl sites for hydroxylation is 2. The van der Waals surface area contributed by atoms with E-state index in [0.717, 1.165) is 46.7 Å². The number of ether oxygens (including phenoxy) is 2. The molecule has 3 rings (SSSR count). The highest BCUT2D eigenvalue weighted by Gasteiger charge is 2.34. The van der Waals surface area contributed by atoms with Gasteiger partial charge in [0.1, 0.15) is 11.5 Å². The van der Waals surface area contributed by atoms with Crippen LogP contribution in [0.5, 0.6) is 5.75 Å². The molecule has 0 amide bonds. The van der Waals surface area contributed by atoms with Crippen molar-refractivity contribution in [2.75, 3.05) is 6.61 Å². The van der Waals surface area contributed by atoms with E-state index in [0.29, 0.717) is 19.4 Å². The molecule has 1 unspecified atom stereocenters. The third-order valence-electron chi connectivity index (χ3n) is 4.81. The van der Waals surface area contributed by atoms with E-state index in [2.05, 4.69) is 11.2 Å². The van der Waals surface area contributed by atoms with Gasteiger partial charge in [-0.15, -0.1) is 0 Å². The number of nitrogens with zero attached hydrogens (tertiary/aromatic N) is 1. The molecule has 1 heterocycles. The van der Waals surface area contributed by atoms with E-state index in [-0.39, 0.29) is 6.10 Å². The van der Waals surface area contributed by atoms with Gasteiger partial charge < -0.3 is 19.1 Å². The monoisotopic (exact) mass is 345 g/mol. The second kappa shape index (κ2) is 7.18. The van der Waals surface area contributed by atoms with Crippen molar-refractivity contribution in [2.24, 2.45) is 0 Å². The Balaban J connectivity index is 1.95. The first-order valence-corrected chi connectivity index (χ1v) is 9.03. The summed E-state index contributed by atoms with van der Waals surface area (Å²) in [6.07, 6.45) is 3.17. The number of hydrogen-bond acceptors (Lipinski definition) is 5. The SMILES string of the molecule is CCOc1cc(-c2c(C)noc2C)cc(C(C)OC2(O)CCCC2)c1. The summed E-state index contributed by atoms with van der Waals surface area (Å²) in [5, 5.41) is 14.6. The molecule has 1 atom stereocenters. The van der Waals surface area contributed by atoms with Gasteiger partial charge in [-0.25, -0.2) is 0 Å². The normalized spacial score (nSPS) is 17.6. The highest BCUT2D eigenvalue weighted by atomic mass is 16.6. The molecule has 1 aliphatic rings. The van der Waals surface area contributed by atoms with Crippen LogP contribution in [-0.4, -0.2) is 22.7 Å². The summed E-state index contributed by atoms with van der Waals surface area (Å²) in [7, 11) is 0. The van der Waals surface area contributed by atoms with E-state index in [1.54, 1.807) is 0 Å². The van der Waals surface area contributed by atoms with Crippen LogP contribution in [0, 0.1) is 13.8 Å². The average Bonchev–Trinajstić information content (AvgIpc) is 3.13. The van der Waals surface area contributed by atoms with Crippen LogP contribution in [0.4, 0.5) is 0 Å². The molecule has 1 aromatic carbocycles. The Bertz CT molecular complexity index is 712. The molecule has 1 fully saturated rings. The summed E-state index contributed by atoms with van der Waals surface area (Å²) in [6, 6.07) is 6.04. The largest absolute Gasteiger partial charge is 0.494 e. The first-order valence-electron chi connectivity index (χ1n) is 9.03. The van der Waals surface area contributed by atoms with Crippen molar-refractivity contribution in [3.05, 3.63) is 35.2 Å². The summed E-state index contributed by atoms with van der Waals surface area (Å²) < 4.78 is 17.1. The van der Waals surface area contributed by atoms with Crippen molar-refractivity contribution in [2.45, 2.75) is 65.3 Å². The third kappa shape index (κ3) is 3.88. The quantitative estimate of drug-likeness (QED) is 0.769. The highest BCUT2D eigenvalue weighted by molar-refractivity contribution is 5.70. The average molecular weight is 345 g/mol. The molecule has 5 heteroatoms. The fraction of sp³-hybridized carbons (Fsp3) is 0.550. The van der Waals surface area contributed by atoms with Gasteiger partial charge in [-0.2, -0.15) is 0 Å². The van der Waals surface area contributed by atoms with Crippen molar-refractivity contribution in [1.29, 1.82) is 0 Å². The standard InChI is InChI=1S/C20H27NO4/c1-5-23-18-11-16(14(3)24-20(22)8-6-7-9-20)10-17(12-18)19-13(2)21-25-15(19)4/h10-12,14,22H,5-9H2,1-4H3. The molecule has 2 aromatic rings. The molecule has 1 aromatic heterocycles. The summed E-state index contributed by atoms with van der Waals surface area (Å²) in [4.78, 5) is 0. The molecule has 1 saturated carbocycles. The number of rotatable bonds is 6. The molecular weight excluding hydrogens is 318 g/mol. The molecule has 136 valence electrons. The van der Waals surface area contributed by atoms with Gasteiger partial charge in [-0.05, 0) is 69.9 Å². The first kappa shape index (κ1) is 18.0. The van der Waals surface area contributed by atoms with Crippen molar-refractivity contribution < 1.29 is 19.1 Å².